The average Bonchev–Trinajstić information content (AvgIpc) is 3.20. The van der Waals surface area contributed by atoms with Gasteiger partial charge in [-0.3, -0.25) is 9.59 Å². The number of amides is 2. The predicted octanol–water partition coefficient (Wildman–Crippen LogP) is 3.97. The minimum atomic E-state index is -0.311. The van der Waals surface area contributed by atoms with Crippen molar-refractivity contribution in [3.8, 4) is 0 Å². The van der Waals surface area contributed by atoms with Crippen LogP contribution in [0.25, 0.3) is 12.7 Å². The van der Waals surface area contributed by atoms with Crippen LogP contribution < -0.4 is 32.3 Å². The number of ether oxygens (including phenoxy) is 1. The van der Waals surface area contributed by atoms with E-state index in [4.69, 9.17) is 10.5 Å². The molecule has 2 rings (SSSR count). The van der Waals surface area contributed by atoms with E-state index in [-0.39, 0.29) is 17.4 Å². The number of nitrogens with zero attached hydrogens (tertiary/aromatic N) is 1. The summed E-state index contributed by atoms with van der Waals surface area (Å²) in [6, 6.07) is 7.71. The first kappa shape index (κ1) is 34.6. The Hall–Kier alpha value is -3.56. The second-order valence-corrected chi connectivity index (χ2v) is 11.6. The lowest BCUT2D eigenvalue weighted by Gasteiger charge is -2.26. The zero-order valence-electron chi connectivity index (χ0n) is 26.3. The lowest BCUT2D eigenvalue weighted by atomic mass is 10.0. The van der Waals surface area contributed by atoms with Crippen molar-refractivity contribution < 1.29 is 14.3 Å². The van der Waals surface area contributed by atoms with Crippen LogP contribution in [0.4, 0.5) is 17.2 Å². The van der Waals surface area contributed by atoms with Crippen molar-refractivity contribution in [2.24, 2.45) is 5.92 Å². The summed E-state index contributed by atoms with van der Waals surface area (Å²) >= 11 is 0. The highest BCUT2D eigenvalue weighted by atomic mass is 16.5. The van der Waals surface area contributed by atoms with Crippen LogP contribution in [0.1, 0.15) is 65.9 Å². The van der Waals surface area contributed by atoms with E-state index in [1.165, 1.54) is 0 Å². The summed E-state index contributed by atoms with van der Waals surface area (Å²) in [5.41, 5.74) is 8.35. The van der Waals surface area contributed by atoms with Gasteiger partial charge in [-0.2, -0.15) is 0 Å². The summed E-state index contributed by atoms with van der Waals surface area (Å²) in [5, 5.41) is 10.9. The summed E-state index contributed by atoms with van der Waals surface area (Å²) in [5.74, 6) is 1.12. The van der Waals surface area contributed by atoms with Crippen LogP contribution in [0.15, 0.2) is 36.9 Å². The van der Waals surface area contributed by atoms with Crippen LogP contribution in [0.5, 0.6) is 0 Å². The van der Waals surface area contributed by atoms with Gasteiger partial charge in [-0.25, -0.2) is 0 Å². The highest BCUT2D eigenvalue weighted by molar-refractivity contribution is 5.90. The van der Waals surface area contributed by atoms with Crippen molar-refractivity contribution in [3.63, 3.8) is 0 Å². The molecular formula is C33H52N6O3. The number of nitrogen functional groups attached to an aromatic ring is 1. The van der Waals surface area contributed by atoms with Gasteiger partial charge in [0.1, 0.15) is 5.82 Å². The number of aromatic amines is 1. The van der Waals surface area contributed by atoms with E-state index in [1.807, 2.05) is 44.2 Å². The van der Waals surface area contributed by atoms with Crippen LogP contribution in [0.2, 0.25) is 0 Å². The number of rotatable bonds is 19. The van der Waals surface area contributed by atoms with Gasteiger partial charge in [0.25, 0.3) is 0 Å². The average molecular weight is 581 g/mol. The van der Waals surface area contributed by atoms with Gasteiger partial charge in [0, 0.05) is 61.9 Å². The number of aromatic nitrogens is 1. The second-order valence-electron chi connectivity index (χ2n) is 11.6. The molecule has 0 aliphatic heterocycles. The topological polar surface area (TPSA) is 125 Å². The van der Waals surface area contributed by atoms with Crippen molar-refractivity contribution in [1.29, 1.82) is 0 Å². The van der Waals surface area contributed by atoms with Crippen molar-refractivity contribution in [2.45, 2.75) is 72.4 Å². The highest BCUT2D eigenvalue weighted by Crippen LogP contribution is 2.18. The zero-order chi connectivity index (χ0) is 31.1. The lowest BCUT2D eigenvalue weighted by molar-refractivity contribution is -0.123. The second kappa shape index (κ2) is 17.4. The third-order valence-corrected chi connectivity index (χ3v) is 7.14. The molecule has 9 heteroatoms. The Morgan fingerprint density at radius 2 is 1.86 bits per heavy atom. The number of benzene rings is 1. The van der Waals surface area contributed by atoms with E-state index in [1.54, 1.807) is 6.08 Å². The standard InChI is InChI=1S/C33H52N6O3/c1-8-10-28-25(5)37-32(34)31(28)36-23-26-11-13-27(14-12-26)38-30(41)16-20-39(9-2)21-19-35-29(40)15-18-33(6,7)42-22-17-24(3)4/h8,10-14,24,36-37H,1,5,9,15-23,34H2,2-4,6-7H3,(H,35,40)(H,38,41)/b28-10+. The molecule has 232 valence electrons. The number of nitrogens with one attached hydrogen (secondary N) is 4. The minimum absolute atomic E-state index is 0.0298. The Bertz CT molecular complexity index is 1250. The first-order valence-electron chi connectivity index (χ1n) is 15.0. The molecule has 42 heavy (non-hydrogen) atoms. The molecule has 0 unspecified atom stereocenters. The van der Waals surface area contributed by atoms with Crippen LogP contribution in [-0.2, 0) is 20.9 Å². The number of carbonyl (C=O) groups is 2. The maximum atomic E-state index is 12.6. The number of allylic oxidation sites excluding steroid dienone is 1. The first-order valence-corrected chi connectivity index (χ1v) is 15.0. The minimum Gasteiger partial charge on any atom is -0.384 e. The van der Waals surface area contributed by atoms with Gasteiger partial charge >= 0.3 is 0 Å². The molecule has 9 nitrogen and oxygen atoms in total. The molecule has 2 amide bonds. The Morgan fingerprint density at radius 1 is 1.14 bits per heavy atom. The molecule has 0 aliphatic rings. The third-order valence-electron chi connectivity index (χ3n) is 7.14. The Kier molecular flexibility index (Phi) is 14.4. The molecule has 0 saturated heterocycles. The summed E-state index contributed by atoms with van der Waals surface area (Å²) in [7, 11) is 0. The van der Waals surface area contributed by atoms with Crippen LogP contribution in [-0.4, -0.2) is 60.1 Å². The summed E-state index contributed by atoms with van der Waals surface area (Å²) in [6.45, 7) is 22.2. The summed E-state index contributed by atoms with van der Waals surface area (Å²) < 4.78 is 5.96. The fraction of sp³-hybridized carbons (Fsp3) is 0.515. The number of carbonyl (C=O) groups excluding carboxylic acids is 2. The van der Waals surface area contributed by atoms with Crippen molar-refractivity contribution in [1.82, 2.24) is 15.2 Å². The van der Waals surface area contributed by atoms with Gasteiger partial charge in [-0.1, -0.05) is 58.2 Å². The maximum Gasteiger partial charge on any atom is 0.225 e. The van der Waals surface area contributed by atoms with Crippen LogP contribution in [0, 0.1) is 5.92 Å². The van der Waals surface area contributed by atoms with Gasteiger partial charge in [0.2, 0.25) is 11.8 Å². The van der Waals surface area contributed by atoms with Gasteiger partial charge < -0.3 is 36.3 Å². The van der Waals surface area contributed by atoms with Gasteiger partial charge in [0.15, 0.2) is 0 Å². The fourth-order valence-electron chi connectivity index (χ4n) is 4.39. The van der Waals surface area contributed by atoms with E-state index in [0.29, 0.717) is 63.8 Å². The van der Waals surface area contributed by atoms with Crippen molar-refractivity contribution in [2.75, 3.05) is 49.2 Å². The molecule has 0 atom stereocenters. The molecule has 0 saturated carbocycles. The van der Waals surface area contributed by atoms with E-state index in [2.05, 4.69) is 59.8 Å². The van der Waals surface area contributed by atoms with E-state index in [9.17, 15) is 9.59 Å². The molecule has 6 N–H and O–H groups in total. The fourth-order valence-corrected chi connectivity index (χ4v) is 4.39. The zero-order valence-corrected chi connectivity index (χ0v) is 26.3. The Morgan fingerprint density at radius 3 is 2.50 bits per heavy atom. The van der Waals surface area contributed by atoms with Crippen LogP contribution >= 0.6 is 0 Å². The Balaban J connectivity index is 1.70. The SMILES string of the molecule is C=C/C=c1/c(NCc2ccc(NC(=O)CCN(CC)CCNC(=O)CCC(C)(C)OCCC(C)C)cc2)c(N)[nH]c1=C. The molecular weight excluding hydrogens is 528 g/mol. The molecule has 0 radical (unpaired) electrons. The quantitative estimate of drug-likeness (QED) is 0.171. The van der Waals surface area contributed by atoms with Crippen molar-refractivity contribution >= 4 is 41.7 Å². The summed E-state index contributed by atoms with van der Waals surface area (Å²) in [4.78, 5) is 30.1. The molecule has 1 aromatic carbocycles. The van der Waals surface area contributed by atoms with Crippen molar-refractivity contribution in [3.05, 3.63) is 53.1 Å². The normalized spacial score (nSPS) is 12.1. The highest BCUT2D eigenvalue weighted by Gasteiger charge is 2.20. The summed E-state index contributed by atoms with van der Waals surface area (Å²) in [6.07, 6.45) is 6.07. The third kappa shape index (κ3) is 12.5. The number of likely N-dealkylation sites (N-methyl/N-ethyl adjacent to an activating group) is 1. The van der Waals surface area contributed by atoms with Gasteiger partial charge in [-0.15, -0.1) is 0 Å². The van der Waals surface area contributed by atoms with Crippen LogP contribution in [0.3, 0.4) is 0 Å². The molecule has 1 heterocycles. The smallest absolute Gasteiger partial charge is 0.225 e. The van der Waals surface area contributed by atoms with Gasteiger partial charge in [0.05, 0.1) is 11.3 Å². The number of H-pyrrole nitrogens is 1. The largest absolute Gasteiger partial charge is 0.384 e. The first-order chi connectivity index (χ1) is 19.9. The molecule has 1 aromatic heterocycles. The van der Waals surface area contributed by atoms with E-state index >= 15 is 0 Å². The monoisotopic (exact) mass is 580 g/mol. The lowest BCUT2D eigenvalue weighted by Crippen LogP contribution is -2.37. The number of hydrogen-bond acceptors (Lipinski definition) is 6. The molecule has 2 aromatic rings. The Labute approximate surface area is 251 Å². The van der Waals surface area contributed by atoms with Gasteiger partial charge in [-0.05, 0) is 56.8 Å². The number of hydrogen-bond donors (Lipinski definition) is 5. The molecule has 0 bridgehead atoms. The van der Waals surface area contributed by atoms with E-state index < -0.39 is 0 Å². The van der Waals surface area contributed by atoms with E-state index in [0.717, 1.165) is 40.5 Å². The molecule has 0 spiro atoms. The molecule has 0 aliphatic carbocycles. The maximum absolute atomic E-state index is 12.6. The number of nitrogens with two attached hydrogens (primary N) is 1. The number of anilines is 3. The predicted molar refractivity (Wildman–Crippen MR) is 175 cm³/mol. The molecule has 0 fully saturated rings.